The molecule has 3 nitrogen and oxygen atoms in total. The monoisotopic (exact) mass is 379 g/mol. The maximum atomic E-state index is 4.85. The Morgan fingerprint density at radius 2 is 1.88 bits per heavy atom. The Hall–Kier alpha value is -2.24. The van der Waals surface area contributed by atoms with E-state index in [9.17, 15) is 0 Å². The molecule has 1 aromatic carbocycles. The average Bonchev–Trinajstić information content (AvgIpc) is 3.32. The number of benzene rings is 1. The van der Waals surface area contributed by atoms with E-state index in [1.54, 1.807) is 22.7 Å². The zero-order chi connectivity index (χ0) is 17.8. The van der Waals surface area contributed by atoms with Crippen molar-refractivity contribution in [2.24, 2.45) is 0 Å². The first kappa shape index (κ1) is 17.2. The Morgan fingerprint density at radius 3 is 2.65 bits per heavy atom. The first-order valence-electron chi connectivity index (χ1n) is 8.91. The average molecular weight is 380 g/mol. The second-order valence-electron chi connectivity index (χ2n) is 6.19. The molecule has 0 amide bonds. The summed E-state index contributed by atoms with van der Waals surface area (Å²) >= 11 is 3.58. The number of nitrogens with one attached hydrogen (secondary N) is 1. The normalized spacial score (nSPS) is 11.1. The third-order valence-corrected chi connectivity index (χ3v) is 6.40. The number of hydrogen-bond donors (Lipinski definition) is 1. The van der Waals surface area contributed by atoms with Gasteiger partial charge in [-0.2, -0.15) is 0 Å². The number of rotatable bonds is 7. The second kappa shape index (κ2) is 7.98. The fourth-order valence-electron chi connectivity index (χ4n) is 2.94. The molecular formula is C21H21N3S2. The van der Waals surface area contributed by atoms with Gasteiger partial charge in [0.05, 0.1) is 5.39 Å². The van der Waals surface area contributed by atoms with Crippen molar-refractivity contribution >= 4 is 38.7 Å². The third-order valence-electron chi connectivity index (χ3n) is 4.29. The molecule has 0 saturated heterocycles. The minimum Gasteiger partial charge on any atom is -0.369 e. The molecule has 0 aliphatic carbocycles. The van der Waals surface area contributed by atoms with Crippen LogP contribution in [-0.4, -0.2) is 16.5 Å². The Bertz CT molecular complexity index is 975. The van der Waals surface area contributed by atoms with Crippen molar-refractivity contribution in [3.63, 3.8) is 0 Å². The highest BCUT2D eigenvalue weighted by Crippen LogP contribution is 2.30. The molecule has 132 valence electrons. The molecule has 0 atom stereocenters. The third kappa shape index (κ3) is 3.94. The molecule has 3 aromatic heterocycles. The number of nitrogens with zero attached hydrogens (tertiary/aromatic N) is 2. The van der Waals surface area contributed by atoms with Gasteiger partial charge >= 0.3 is 0 Å². The van der Waals surface area contributed by atoms with Crippen molar-refractivity contribution in [2.45, 2.75) is 26.2 Å². The van der Waals surface area contributed by atoms with Gasteiger partial charge in [0.1, 0.15) is 16.5 Å². The summed E-state index contributed by atoms with van der Waals surface area (Å²) in [6.07, 6.45) is 2.81. The van der Waals surface area contributed by atoms with Crippen LogP contribution in [0.2, 0.25) is 0 Å². The lowest BCUT2D eigenvalue weighted by Crippen LogP contribution is -2.08. The molecule has 3 heterocycles. The molecule has 0 aliphatic heterocycles. The maximum absolute atomic E-state index is 4.85. The Morgan fingerprint density at radius 1 is 1.00 bits per heavy atom. The number of fused-ring (bicyclic) bond motifs is 1. The summed E-state index contributed by atoms with van der Waals surface area (Å²) in [5.41, 5.74) is 1.24. The number of aryl methyl sites for hydroxylation is 1. The van der Waals surface area contributed by atoms with Crippen LogP contribution in [-0.2, 0) is 19.3 Å². The summed E-state index contributed by atoms with van der Waals surface area (Å²) in [7, 11) is 0. The van der Waals surface area contributed by atoms with Gasteiger partial charge in [0.2, 0.25) is 0 Å². The van der Waals surface area contributed by atoms with E-state index < -0.39 is 0 Å². The first-order valence-corrected chi connectivity index (χ1v) is 10.6. The largest absolute Gasteiger partial charge is 0.369 e. The van der Waals surface area contributed by atoms with E-state index in [4.69, 9.17) is 9.97 Å². The van der Waals surface area contributed by atoms with Crippen LogP contribution in [0.3, 0.4) is 0 Å². The fraction of sp³-hybridized carbons (Fsp3) is 0.238. The van der Waals surface area contributed by atoms with Crippen molar-refractivity contribution < 1.29 is 0 Å². The fourth-order valence-corrected chi connectivity index (χ4v) is 4.64. The lowest BCUT2D eigenvalue weighted by atomic mass is 10.1. The highest BCUT2D eigenvalue weighted by molar-refractivity contribution is 7.18. The molecule has 1 N–H and O–H groups in total. The van der Waals surface area contributed by atoms with Gasteiger partial charge in [0.15, 0.2) is 0 Å². The van der Waals surface area contributed by atoms with Gasteiger partial charge in [-0.25, -0.2) is 9.97 Å². The lowest BCUT2D eigenvalue weighted by Gasteiger charge is -2.08. The van der Waals surface area contributed by atoms with Crippen LogP contribution >= 0.6 is 22.7 Å². The molecule has 0 radical (unpaired) electrons. The van der Waals surface area contributed by atoms with Crippen LogP contribution in [0.1, 0.15) is 28.1 Å². The van der Waals surface area contributed by atoms with Gasteiger partial charge < -0.3 is 5.32 Å². The predicted octanol–water partition coefficient (Wildman–Crippen LogP) is 5.56. The van der Waals surface area contributed by atoms with Crippen LogP contribution in [0.4, 0.5) is 5.82 Å². The zero-order valence-corrected chi connectivity index (χ0v) is 16.4. The van der Waals surface area contributed by atoms with E-state index in [2.05, 4.69) is 60.1 Å². The molecule has 0 aliphatic rings. The number of thiophene rings is 2. The Balaban J connectivity index is 1.61. The highest BCUT2D eigenvalue weighted by Gasteiger charge is 2.12. The van der Waals surface area contributed by atoms with Gasteiger partial charge in [0, 0.05) is 22.7 Å². The first-order chi connectivity index (χ1) is 12.8. The van der Waals surface area contributed by atoms with E-state index in [0.717, 1.165) is 47.7 Å². The molecule has 0 bridgehead atoms. The van der Waals surface area contributed by atoms with Crippen LogP contribution in [0.25, 0.3) is 10.2 Å². The summed E-state index contributed by atoms with van der Waals surface area (Å²) in [6.45, 7) is 3.07. The van der Waals surface area contributed by atoms with Gasteiger partial charge in [-0.3, -0.25) is 0 Å². The predicted molar refractivity (Wildman–Crippen MR) is 113 cm³/mol. The summed E-state index contributed by atoms with van der Waals surface area (Å²) in [5.74, 6) is 1.85. The minimum absolute atomic E-state index is 0.760. The Labute approximate surface area is 161 Å². The maximum Gasteiger partial charge on any atom is 0.138 e. The van der Waals surface area contributed by atoms with Gasteiger partial charge in [-0.05, 0) is 35.9 Å². The van der Waals surface area contributed by atoms with E-state index in [0.29, 0.717) is 0 Å². The van der Waals surface area contributed by atoms with E-state index >= 15 is 0 Å². The molecule has 26 heavy (non-hydrogen) atoms. The van der Waals surface area contributed by atoms with Crippen LogP contribution < -0.4 is 5.32 Å². The molecular weight excluding hydrogens is 358 g/mol. The molecule has 0 saturated carbocycles. The topological polar surface area (TPSA) is 37.8 Å². The van der Waals surface area contributed by atoms with Crippen molar-refractivity contribution in [3.8, 4) is 0 Å². The summed E-state index contributed by atoms with van der Waals surface area (Å²) in [5, 5.41) is 6.83. The Kier molecular flexibility index (Phi) is 5.27. The van der Waals surface area contributed by atoms with Crippen molar-refractivity contribution in [1.29, 1.82) is 0 Å². The molecule has 4 aromatic rings. The highest BCUT2D eigenvalue weighted by atomic mass is 32.1. The smallest absolute Gasteiger partial charge is 0.138 e. The summed E-state index contributed by atoms with van der Waals surface area (Å²) < 4.78 is 0. The van der Waals surface area contributed by atoms with Crippen molar-refractivity contribution in [3.05, 3.63) is 75.1 Å². The van der Waals surface area contributed by atoms with E-state index in [-0.39, 0.29) is 0 Å². The molecule has 5 heteroatoms. The quantitative estimate of drug-likeness (QED) is 0.457. The summed E-state index contributed by atoms with van der Waals surface area (Å²) in [4.78, 5) is 13.5. The molecule has 4 rings (SSSR count). The van der Waals surface area contributed by atoms with Gasteiger partial charge in [0.25, 0.3) is 0 Å². The van der Waals surface area contributed by atoms with Crippen LogP contribution in [0.15, 0.2) is 53.9 Å². The van der Waals surface area contributed by atoms with Gasteiger partial charge in [-0.1, -0.05) is 43.3 Å². The number of anilines is 1. The summed E-state index contributed by atoms with van der Waals surface area (Å²) in [6, 6.07) is 16.9. The second-order valence-corrected chi connectivity index (χ2v) is 8.34. The van der Waals surface area contributed by atoms with Crippen LogP contribution in [0, 0.1) is 0 Å². The van der Waals surface area contributed by atoms with Crippen molar-refractivity contribution in [2.75, 3.05) is 11.9 Å². The zero-order valence-electron chi connectivity index (χ0n) is 14.7. The SMILES string of the molecule is CCc1cc2c(NCCc3cccs3)nc(Cc3ccccc3)nc2s1. The molecule has 0 spiro atoms. The molecule has 0 fully saturated rings. The molecule has 0 unspecified atom stereocenters. The van der Waals surface area contributed by atoms with Crippen LogP contribution in [0.5, 0.6) is 0 Å². The minimum atomic E-state index is 0.760. The number of hydrogen-bond acceptors (Lipinski definition) is 5. The van der Waals surface area contributed by atoms with Gasteiger partial charge in [-0.15, -0.1) is 22.7 Å². The standard InChI is InChI=1S/C21H21N3S2/c1-2-16-14-18-20(22-11-10-17-9-6-12-25-17)23-19(24-21(18)26-16)13-15-7-4-3-5-8-15/h3-9,12,14H,2,10-11,13H2,1H3,(H,22,23,24). The number of aromatic nitrogens is 2. The van der Waals surface area contributed by atoms with E-state index in [1.165, 1.54) is 15.3 Å². The van der Waals surface area contributed by atoms with Crippen molar-refractivity contribution in [1.82, 2.24) is 9.97 Å². The lowest BCUT2D eigenvalue weighted by molar-refractivity contribution is 0.973. The van der Waals surface area contributed by atoms with E-state index in [1.807, 2.05) is 6.07 Å².